The summed E-state index contributed by atoms with van der Waals surface area (Å²) < 4.78 is 61.5. The third kappa shape index (κ3) is 3.82. The van der Waals surface area contributed by atoms with Crippen molar-refractivity contribution in [2.24, 2.45) is 0 Å². The summed E-state index contributed by atoms with van der Waals surface area (Å²) in [5, 5.41) is 2.52. The Morgan fingerprint density at radius 2 is 1.79 bits per heavy atom. The molecule has 2 aromatic carbocycles. The van der Waals surface area contributed by atoms with E-state index < -0.39 is 26.1 Å². The van der Waals surface area contributed by atoms with Gasteiger partial charge in [-0.1, -0.05) is 0 Å². The molecule has 0 saturated carbocycles. The van der Waals surface area contributed by atoms with Gasteiger partial charge in [-0.2, -0.15) is 0 Å². The molecule has 0 fully saturated rings. The summed E-state index contributed by atoms with van der Waals surface area (Å²) in [6.45, 7) is 1.88. The molecule has 2 radical (unpaired) electrons. The van der Waals surface area contributed by atoms with Gasteiger partial charge in [0, 0.05) is 0 Å². The number of carbonyl (C=O) groups excluding carboxylic acids is 1. The standard InChI is InChI=1S/C15H11AsF3NO3S/c1-9-5-6-11(8-13(9)16)20-14(21)10-3-2-4-12(7-10)24(22,23)15(17,18)19/h2-8H,1H3,(H,20,21). The Morgan fingerprint density at radius 3 is 2.38 bits per heavy atom. The Morgan fingerprint density at radius 1 is 1.12 bits per heavy atom. The molecule has 0 aliphatic rings. The van der Waals surface area contributed by atoms with E-state index in [9.17, 15) is 26.4 Å². The monoisotopic (exact) mass is 417 g/mol. The van der Waals surface area contributed by atoms with Crippen molar-refractivity contribution in [2.75, 3.05) is 5.32 Å². The van der Waals surface area contributed by atoms with Gasteiger partial charge in [-0.3, -0.25) is 0 Å². The zero-order valence-electron chi connectivity index (χ0n) is 12.3. The maximum atomic E-state index is 12.6. The van der Waals surface area contributed by atoms with Gasteiger partial charge in [0.25, 0.3) is 0 Å². The molecule has 2 rings (SSSR count). The zero-order chi connectivity index (χ0) is 18.1. The van der Waals surface area contributed by atoms with Crippen LogP contribution in [0.5, 0.6) is 0 Å². The molecule has 9 heteroatoms. The quantitative estimate of drug-likeness (QED) is 0.780. The number of aryl methyl sites for hydroxylation is 1. The van der Waals surface area contributed by atoms with Crippen LogP contribution in [0.1, 0.15) is 15.9 Å². The van der Waals surface area contributed by atoms with Crippen LogP contribution in [0.15, 0.2) is 47.4 Å². The van der Waals surface area contributed by atoms with E-state index in [1.807, 2.05) is 6.92 Å². The topological polar surface area (TPSA) is 63.2 Å². The van der Waals surface area contributed by atoms with Crippen LogP contribution in [0.2, 0.25) is 0 Å². The predicted octanol–water partition coefficient (Wildman–Crippen LogP) is 2.33. The predicted molar refractivity (Wildman–Crippen MR) is 84.2 cm³/mol. The van der Waals surface area contributed by atoms with Gasteiger partial charge in [-0.05, 0) is 0 Å². The third-order valence-electron chi connectivity index (χ3n) is 3.18. The van der Waals surface area contributed by atoms with E-state index in [0.29, 0.717) is 11.8 Å². The molecule has 0 bridgehead atoms. The van der Waals surface area contributed by atoms with Gasteiger partial charge in [-0.15, -0.1) is 0 Å². The van der Waals surface area contributed by atoms with E-state index in [0.717, 1.165) is 22.0 Å². The fraction of sp³-hybridized carbons (Fsp3) is 0.133. The summed E-state index contributed by atoms with van der Waals surface area (Å²) in [4.78, 5) is 11.2. The molecule has 1 amide bonds. The van der Waals surface area contributed by atoms with Crippen molar-refractivity contribution >= 4 is 42.6 Å². The van der Waals surface area contributed by atoms with Crippen LogP contribution in [-0.2, 0) is 9.84 Å². The maximum absolute atomic E-state index is 12.6. The second-order valence-electron chi connectivity index (χ2n) is 4.93. The van der Waals surface area contributed by atoms with Crippen LogP contribution in [0.3, 0.4) is 0 Å². The number of sulfone groups is 1. The number of amides is 1. The molecular weight excluding hydrogens is 406 g/mol. The molecule has 0 heterocycles. The van der Waals surface area contributed by atoms with Crippen molar-refractivity contribution in [3.05, 3.63) is 53.6 Å². The number of hydrogen-bond donors (Lipinski definition) is 1. The second kappa shape index (κ2) is 6.61. The van der Waals surface area contributed by atoms with Crippen LogP contribution in [-0.4, -0.2) is 36.7 Å². The first-order valence-electron chi connectivity index (χ1n) is 6.55. The fourth-order valence-corrected chi connectivity index (χ4v) is 3.08. The van der Waals surface area contributed by atoms with Gasteiger partial charge >= 0.3 is 145 Å². The fourth-order valence-electron chi connectivity index (χ4n) is 1.83. The number of halogens is 3. The number of carbonyl (C=O) groups is 1. The van der Waals surface area contributed by atoms with Gasteiger partial charge < -0.3 is 0 Å². The number of anilines is 1. The normalized spacial score (nSPS) is 12.0. The van der Waals surface area contributed by atoms with Gasteiger partial charge in [0.1, 0.15) is 0 Å². The summed E-state index contributed by atoms with van der Waals surface area (Å²) in [6.07, 6.45) is 0. The van der Waals surface area contributed by atoms with Crippen molar-refractivity contribution in [3.63, 3.8) is 0 Å². The summed E-state index contributed by atoms with van der Waals surface area (Å²) in [5.74, 6) is -0.704. The Hall–Kier alpha value is -1.79. The number of nitrogens with one attached hydrogen (secondary N) is 1. The Kier molecular flexibility index (Phi) is 5.10. The SMILES string of the molecule is Cc1ccc(NC(=O)c2cccc(S(=O)(=O)C(F)(F)F)c2)cc1[As]. The van der Waals surface area contributed by atoms with E-state index in [-0.39, 0.29) is 5.56 Å². The minimum absolute atomic E-state index is 0.187. The van der Waals surface area contributed by atoms with Gasteiger partial charge in [0.2, 0.25) is 0 Å². The van der Waals surface area contributed by atoms with Crippen molar-refractivity contribution in [2.45, 2.75) is 17.3 Å². The Labute approximate surface area is 145 Å². The Balaban J connectivity index is 2.31. The summed E-state index contributed by atoms with van der Waals surface area (Å²) in [7, 11) is -5.50. The van der Waals surface area contributed by atoms with Crippen LogP contribution in [0, 0.1) is 6.92 Å². The molecule has 0 saturated heterocycles. The minimum atomic E-state index is -5.50. The number of benzene rings is 2. The molecule has 0 aliphatic carbocycles. The van der Waals surface area contributed by atoms with E-state index in [1.165, 1.54) is 6.07 Å². The summed E-state index contributed by atoms with van der Waals surface area (Å²) in [6, 6.07) is 8.92. The molecule has 4 nitrogen and oxygen atoms in total. The molecule has 24 heavy (non-hydrogen) atoms. The molecule has 2 aromatic rings. The van der Waals surface area contributed by atoms with Crippen molar-refractivity contribution in [1.29, 1.82) is 0 Å². The van der Waals surface area contributed by atoms with E-state index >= 15 is 0 Å². The molecule has 1 N–H and O–H groups in total. The van der Waals surface area contributed by atoms with E-state index in [4.69, 9.17) is 0 Å². The second-order valence-corrected chi connectivity index (χ2v) is 7.88. The number of hydrogen-bond acceptors (Lipinski definition) is 3. The van der Waals surface area contributed by atoms with Crippen molar-refractivity contribution < 1.29 is 26.4 Å². The molecular formula is C15H11AsF3NO3S. The van der Waals surface area contributed by atoms with E-state index in [1.54, 1.807) is 18.2 Å². The molecule has 126 valence electrons. The molecule has 0 unspecified atom stereocenters. The van der Waals surface area contributed by atoms with Crippen LogP contribution >= 0.6 is 0 Å². The Bertz CT molecular complexity index is 895. The molecule has 0 aromatic heterocycles. The third-order valence-corrected chi connectivity index (χ3v) is 5.67. The number of rotatable bonds is 3. The van der Waals surface area contributed by atoms with Gasteiger partial charge in [0.05, 0.1) is 0 Å². The van der Waals surface area contributed by atoms with Gasteiger partial charge in [-0.25, -0.2) is 0 Å². The average molecular weight is 417 g/mol. The van der Waals surface area contributed by atoms with Crippen molar-refractivity contribution in [3.8, 4) is 0 Å². The van der Waals surface area contributed by atoms with Crippen LogP contribution < -0.4 is 9.67 Å². The first-order chi connectivity index (χ1) is 11.0. The molecule has 0 atom stereocenters. The number of alkyl halides is 3. The van der Waals surface area contributed by atoms with Crippen molar-refractivity contribution in [1.82, 2.24) is 0 Å². The summed E-state index contributed by atoms with van der Waals surface area (Å²) >= 11 is 2.33. The van der Waals surface area contributed by atoms with Gasteiger partial charge in [0.15, 0.2) is 0 Å². The molecule has 0 spiro atoms. The zero-order valence-corrected chi connectivity index (χ0v) is 14.9. The van der Waals surface area contributed by atoms with Crippen LogP contribution in [0.4, 0.5) is 18.9 Å². The first kappa shape index (κ1) is 18.5. The average Bonchev–Trinajstić information content (AvgIpc) is 2.50. The molecule has 0 aliphatic heterocycles. The first-order valence-corrected chi connectivity index (χ1v) is 8.97. The van der Waals surface area contributed by atoms with E-state index in [2.05, 4.69) is 22.2 Å². The van der Waals surface area contributed by atoms with Crippen LogP contribution in [0.25, 0.3) is 0 Å². The summed E-state index contributed by atoms with van der Waals surface area (Å²) in [5.41, 5.74) is -4.17.